The smallest absolute Gasteiger partial charge is 0.253 e. The summed E-state index contributed by atoms with van der Waals surface area (Å²) in [5.41, 5.74) is 1.51. The van der Waals surface area contributed by atoms with Crippen LogP contribution in [0.2, 0.25) is 5.02 Å². The molecule has 0 fully saturated rings. The molecule has 13 heavy (non-hydrogen) atoms. The largest absolute Gasteiger partial charge is 0.289 e. The second-order valence-corrected chi connectivity index (χ2v) is 3.39. The maximum absolute atomic E-state index is 10.6. The highest BCUT2D eigenvalue weighted by molar-refractivity contribution is 7.99. The Hall–Kier alpha value is -0.850. The molecule has 0 spiro atoms. The number of amides is 1. The van der Waals surface area contributed by atoms with Gasteiger partial charge in [-0.1, -0.05) is 23.4 Å². The Morgan fingerprint density at radius 2 is 2.23 bits per heavy atom. The van der Waals surface area contributed by atoms with Crippen molar-refractivity contribution in [1.29, 1.82) is 0 Å². The summed E-state index contributed by atoms with van der Waals surface area (Å²) in [7, 11) is 0. The van der Waals surface area contributed by atoms with E-state index in [-0.39, 0.29) is 5.75 Å². The minimum absolute atomic E-state index is 0.0676. The normalized spacial score (nSPS) is 9.69. The van der Waals surface area contributed by atoms with E-state index in [0.717, 1.165) is 11.8 Å². The molecule has 0 aliphatic heterocycles. The second kappa shape index (κ2) is 5.00. The number of thioether (sulfide) groups is 1. The third-order valence-corrected chi connectivity index (χ3v) is 2.12. The summed E-state index contributed by atoms with van der Waals surface area (Å²) in [5, 5.41) is 9.06. The van der Waals surface area contributed by atoms with E-state index in [1.807, 2.05) is 0 Å². The Bertz CT molecular complexity index is 292. The number of hydrogen-bond acceptors (Lipinski definition) is 5. The van der Waals surface area contributed by atoms with Crippen LogP contribution in [0.15, 0.2) is 17.6 Å². The molecule has 1 heterocycles. The van der Waals surface area contributed by atoms with E-state index < -0.39 is 5.91 Å². The summed E-state index contributed by atoms with van der Waals surface area (Å²) in [6.45, 7) is 0. The first kappa shape index (κ1) is 10.2. The summed E-state index contributed by atoms with van der Waals surface area (Å²) in [4.78, 5) is 18.3. The number of hydrogen-bond donors (Lipinski definition) is 2. The van der Waals surface area contributed by atoms with E-state index in [0.29, 0.717) is 10.2 Å². The van der Waals surface area contributed by atoms with Gasteiger partial charge in [-0.15, -0.1) is 0 Å². The van der Waals surface area contributed by atoms with Gasteiger partial charge in [-0.25, -0.2) is 15.4 Å². The van der Waals surface area contributed by atoms with Crippen molar-refractivity contribution in [2.45, 2.75) is 5.16 Å². The van der Waals surface area contributed by atoms with Gasteiger partial charge in [0.1, 0.15) is 0 Å². The van der Waals surface area contributed by atoms with Gasteiger partial charge in [0.25, 0.3) is 5.91 Å². The lowest BCUT2D eigenvalue weighted by Gasteiger charge is -1.97. The molecule has 2 N–H and O–H groups in total. The zero-order valence-electron chi connectivity index (χ0n) is 6.40. The van der Waals surface area contributed by atoms with Crippen molar-refractivity contribution in [3.8, 4) is 0 Å². The Labute approximate surface area is 83.5 Å². The molecule has 7 heteroatoms. The SMILES string of the molecule is O=C(CSc1ncc(Cl)cn1)NO. The highest BCUT2D eigenvalue weighted by Crippen LogP contribution is 2.12. The van der Waals surface area contributed by atoms with Crippen LogP contribution in [0.3, 0.4) is 0 Å². The van der Waals surface area contributed by atoms with Crippen molar-refractivity contribution >= 4 is 29.3 Å². The molecule has 0 atom stereocenters. The maximum Gasteiger partial charge on any atom is 0.253 e. The summed E-state index contributed by atoms with van der Waals surface area (Å²) >= 11 is 6.66. The minimum Gasteiger partial charge on any atom is -0.289 e. The van der Waals surface area contributed by atoms with Gasteiger partial charge in [0.15, 0.2) is 5.16 Å². The molecule has 0 saturated heterocycles. The van der Waals surface area contributed by atoms with Crippen LogP contribution >= 0.6 is 23.4 Å². The number of nitrogens with zero attached hydrogens (tertiary/aromatic N) is 2. The van der Waals surface area contributed by atoms with Gasteiger partial charge in [0.2, 0.25) is 0 Å². The first-order valence-electron chi connectivity index (χ1n) is 3.25. The van der Waals surface area contributed by atoms with Crippen molar-refractivity contribution in [2.24, 2.45) is 0 Å². The Balaban J connectivity index is 2.46. The molecule has 0 bridgehead atoms. The molecule has 0 aliphatic rings. The Kier molecular flexibility index (Phi) is 3.94. The average molecular weight is 220 g/mol. The molecule has 0 aliphatic carbocycles. The van der Waals surface area contributed by atoms with E-state index in [2.05, 4.69) is 9.97 Å². The number of carbonyl (C=O) groups is 1. The van der Waals surface area contributed by atoms with Gasteiger partial charge in [0.05, 0.1) is 23.2 Å². The molecule has 0 aromatic carbocycles. The molecular formula is C6H6ClN3O2S. The van der Waals surface area contributed by atoms with E-state index in [1.165, 1.54) is 17.9 Å². The number of aromatic nitrogens is 2. The van der Waals surface area contributed by atoms with Crippen molar-refractivity contribution in [2.75, 3.05) is 5.75 Å². The monoisotopic (exact) mass is 219 g/mol. The Morgan fingerprint density at radius 1 is 1.62 bits per heavy atom. The fourth-order valence-corrected chi connectivity index (χ4v) is 1.21. The molecule has 1 aromatic heterocycles. The van der Waals surface area contributed by atoms with Crippen LogP contribution in [0.5, 0.6) is 0 Å². The van der Waals surface area contributed by atoms with Gasteiger partial charge in [-0.05, 0) is 0 Å². The van der Waals surface area contributed by atoms with Crippen LogP contribution in [0.25, 0.3) is 0 Å². The van der Waals surface area contributed by atoms with Crippen LogP contribution in [-0.2, 0) is 4.79 Å². The van der Waals surface area contributed by atoms with E-state index in [9.17, 15) is 4.79 Å². The fraction of sp³-hybridized carbons (Fsp3) is 0.167. The zero-order chi connectivity index (χ0) is 9.68. The molecular weight excluding hydrogens is 214 g/mol. The van der Waals surface area contributed by atoms with Crippen molar-refractivity contribution < 1.29 is 10.0 Å². The summed E-state index contributed by atoms with van der Waals surface area (Å²) in [5.74, 6) is -0.429. The molecule has 0 radical (unpaired) electrons. The molecule has 0 unspecified atom stereocenters. The first-order valence-corrected chi connectivity index (χ1v) is 4.62. The third kappa shape index (κ3) is 3.58. The molecule has 1 aromatic rings. The number of rotatable bonds is 3. The number of carbonyl (C=O) groups excluding carboxylic acids is 1. The highest BCUT2D eigenvalue weighted by atomic mass is 35.5. The standard InChI is InChI=1S/C6H6ClN3O2S/c7-4-1-8-6(9-2-4)13-3-5(11)10-12/h1-2,12H,3H2,(H,10,11). The maximum atomic E-state index is 10.6. The lowest BCUT2D eigenvalue weighted by molar-refractivity contribution is -0.126. The van der Waals surface area contributed by atoms with Crippen molar-refractivity contribution in [3.05, 3.63) is 17.4 Å². The predicted octanol–water partition coefficient (Wildman–Crippen LogP) is 0.727. The van der Waals surface area contributed by atoms with E-state index in [4.69, 9.17) is 16.8 Å². The summed E-state index contributed by atoms with van der Waals surface area (Å²) < 4.78 is 0. The lowest BCUT2D eigenvalue weighted by Crippen LogP contribution is -2.20. The molecule has 70 valence electrons. The summed E-state index contributed by atoms with van der Waals surface area (Å²) in [6, 6.07) is 0. The lowest BCUT2D eigenvalue weighted by atomic mass is 10.7. The van der Waals surface area contributed by atoms with Gasteiger partial charge in [-0.2, -0.15) is 0 Å². The van der Waals surface area contributed by atoms with E-state index in [1.54, 1.807) is 0 Å². The van der Waals surface area contributed by atoms with Gasteiger partial charge < -0.3 is 0 Å². The number of halogens is 1. The zero-order valence-corrected chi connectivity index (χ0v) is 7.97. The van der Waals surface area contributed by atoms with Crippen LogP contribution < -0.4 is 5.48 Å². The third-order valence-electron chi connectivity index (χ3n) is 1.05. The minimum atomic E-state index is -0.497. The second-order valence-electron chi connectivity index (χ2n) is 2.01. The van der Waals surface area contributed by atoms with Crippen LogP contribution in [0.4, 0.5) is 0 Å². The van der Waals surface area contributed by atoms with Crippen LogP contribution in [0.1, 0.15) is 0 Å². The topological polar surface area (TPSA) is 75.1 Å². The average Bonchev–Trinajstić information content (AvgIpc) is 2.16. The first-order chi connectivity index (χ1) is 6.22. The summed E-state index contributed by atoms with van der Waals surface area (Å²) in [6.07, 6.45) is 2.88. The fourth-order valence-electron chi connectivity index (χ4n) is 0.537. The molecule has 1 amide bonds. The molecule has 1 rings (SSSR count). The van der Waals surface area contributed by atoms with Gasteiger partial charge in [-0.3, -0.25) is 10.0 Å². The molecule has 0 saturated carbocycles. The number of hydroxylamine groups is 1. The van der Waals surface area contributed by atoms with E-state index >= 15 is 0 Å². The predicted molar refractivity (Wildman–Crippen MR) is 47.7 cm³/mol. The molecule has 5 nitrogen and oxygen atoms in total. The van der Waals surface area contributed by atoms with Crippen LogP contribution in [-0.4, -0.2) is 26.8 Å². The quantitative estimate of drug-likeness (QED) is 0.339. The number of nitrogens with one attached hydrogen (secondary N) is 1. The van der Waals surface area contributed by atoms with Crippen molar-refractivity contribution in [3.63, 3.8) is 0 Å². The van der Waals surface area contributed by atoms with Gasteiger partial charge in [0, 0.05) is 0 Å². The highest BCUT2D eigenvalue weighted by Gasteiger charge is 2.02. The van der Waals surface area contributed by atoms with Gasteiger partial charge >= 0.3 is 0 Å². The van der Waals surface area contributed by atoms with Crippen LogP contribution in [0, 0.1) is 0 Å². The Morgan fingerprint density at radius 3 is 2.77 bits per heavy atom. The van der Waals surface area contributed by atoms with Crippen molar-refractivity contribution in [1.82, 2.24) is 15.4 Å².